The van der Waals surface area contributed by atoms with Crippen LogP contribution in [0.4, 0.5) is 5.00 Å². The van der Waals surface area contributed by atoms with E-state index in [1.54, 1.807) is 31.2 Å². The van der Waals surface area contributed by atoms with Crippen LogP contribution in [-0.4, -0.2) is 17.0 Å². The number of hydrogen-bond donors (Lipinski definition) is 2. The molecule has 104 valence electrons. The number of nitrogens with one attached hydrogen (secondary N) is 1. The molecule has 0 bridgehead atoms. The first kappa shape index (κ1) is 15.0. The van der Waals surface area contributed by atoms with E-state index in [1.807, 2.05) is 0 Å². The molecule has 0 atom stereocenters. The number of benzene rings is 1. The quantitative estimate of drug-likeness (QED) is 0.835. The lowest BCUT2D eigenvalue weighted by atomic mass is 10.2. The zero-order valence-electron chi connectivity index (χ0n) is 10.2. The zero-order chi connectivity index (χ0) is 14.9. The summed E-state index contributed by atoms with van der Waals surface area (Å²) in [6.45, 7) is 1.69. The summed E-state index contributed by atoms with van der Waals surface area (Å²) in [7, 11) is 0. The Labute approximate surface area is 132 Å². The van der Waals surface area contributed by atoms with Crippen LogP contribution in [0.5, 0.6) is 0 Å². The summed E-state index contributed by atoms with van der Waals surface area (Å²) in [5, 5.41) is 12.7. The van der Waals surface area contributed by atoms with Crippen molar-refractivity contribution in [1.29, 1.82) is 0 Å². The van der Waals surface area contributed by atoms with Gasteiger partial charge in [-0.3, -0.25) is 4.79 Å². The molecule has 20 heavy (non-hydrogen) atoms. The van der Waals surface area contributed by atoms with E-state index in [-0.39, 0.29) is 10.8 Å². The molecule has 4 nitrogen and oxygen atoms in total. The topological polar surface area (TPSA) is 66.4 Å². The molecule has 2 aromatic rings. The summed E-state index contributed by atoms with van der Waals surface area (Å²) >= 11 is 10.1. The summed E-state index contributed by atoms with van der Waals surface area (Å²) in [5.41, 5.74) is 1.05. The minimum absolute atomic E-state index is 0.218. The first-order valence-corrected chi connectivity index (χ1v) is 7.47. The van der Waals surface area contributed by atoms with Gasteiger partial charge in [-0.15, -0.1) is 11.3 Å². The van der Waals surface area contributed by atoms with Gasteiger partial charge >= 0.3 is 5.97 Å². The summed E-state index contributed by atoms with van der Waals surface area (Å²) in [5.74, 6) is -1.33. The van der Waals surface area contributed by atoms with Crippen molar-refractivity contribution in [3.8, 4) is 0 Å². The average Bonchev–Trinajstić information content (AvgIpc) is 2.70. The minimum atomic E-state index is -0.999. The Morgan fingerprint density at radius 2 is 2.05 bits per heavy atom. The van der Waals surface area contributed by atoms with Crippen molar-refractivity contribution in [2.75, 3.05) is 5.32 Å². The molecule has 1 aromatic carbocycles. The van der Waals surface area contributed by atoms with Crippen molar-refractivity contribution in [3.63, 3.8) is 0 Å². The molecule has 0 radical (unpaired) electrons. The SMILES string of the molecule is Cc1cc(NC(=O)c2ccc(Cl)cc2Br)sc1C(=O)O. The van der Waals surface area contributed by atoms with Crippen molar-refractivity contribution in [1.82, 2.24) is 0 Å². The molecule has 0 spiro atoms. The number of carbonyl (C=O) groups is 2. The van der Waals surface area contributed by atoms with Crippen molar-refractivity contribution in [2.45, 2.75) is 6.92 Å². The predicted octanol–water partition coefficient (Wildman–Crippen LogP) is 4.42. The van der Waals surface area contributed by atoms with Crippen molar-refractivity contribution >= 4 is 55.7 Å². The number of hydrogen-bond acceptors (Lipinski definition) is 3. The van der Waals surface area contributed by atoms with E-state index >= 15 is 0 Å². The number of carbonyl (C=O) groups excluding carboxylic acids is 1. The highest BCUT2D eigenvalue weighted by molar-refractivity contribution is 9.10. The van der Waals surface area contributed by atoms with Crippen molar-refractivity contribution in [2.24, 2.45) is 0 Å². The van der Waals surface area contributed by atoms with Gasteiger partial charge in [0.05, 0.1) is 10.6 Å². The standard InChI is InChI=1S/C13H9BrClNO3S/c1-6-4-10(20-11(6)13(18)19)16-12(17)8-3-2-7(15)5-9(8)14/h2-5H,1H3,(H,16,17)(H,18,19). The second-order valence-electron chi connectivity index (χ2n) is 4.01. The van der Waals surface area contributed by atoms with Gasteiger partial charge in [-0.1, -0.05) is 11.6 Å². The molecule has 1 heterocycles. The van der Waals surface area contributed by atoms with E-state index in [9.17, 15) is 9.59 Å². The van der Waals surface area contributed by atoms with E-state index in [0.717, 1.165) is 11.3 Å². The molecule has 0 aliphatic heterocycles. The molecular weight excluding hydrogens is 366 g/mol. The zero-order valence-corrected chi connectivity index (χ0v) is 13.4. The molecule has 0 aliphatic rings. The maximum absolute atomic E-state index is 12.1. The highest BCUT2D eigenvalue weighted by Gasteiger charge is 2.15. The molecule has 2 N–H and O–H groups in total. The number of carboxylic acid groups (broad SMARTS) is 1. The number of anilines is 1. The van der Waals surface area contributed by atoms with Crippen LogP contribution in [-0.2, 0) is 0 Å². The number of aryl methyl sites for hydroxylation is 1. The molecular formula is C13H9BrClNO3S. The number of amides is 1. The maximum atomic E-state index is 12.1. The largest absolute Gasteiger partial charge is 0.477 e. The Hall–Kier alpha value is -1.37. The number of halogens is 2. The molecule has 0 saturated carbocycles. The first-order valence-electron chi connectivity index (χ1n) is 5.48. The van der Waals surface area contributed by atoms with Crippen LogP contribution < -0.4 is 5.32 Å². The van der Waals surface area contributed by atoms with E-state index in [1.165, 1.54) is 0 Å². The summed E-state index contributed by atoms with van der Waals surface area (Å²) < 4.78 is 0.578. The minimum Gasteiger partial charge on any atom is -0.477 e. The third-order valence-corrected chi connectivity index (χ3v) is 4.56. The van der Waals surface area contributed by atoms with E-state index in [2.05, 4.69) is 21.2 Å². The number of rotatable bonds is 3. The predicted molar refractivity (Wildman–Crippen MR) is 83.1 cm³/mol. The normalized spacial score (nSPS) is 10.3. The second-order valence-corrected chi connectivity index (χ2v) is 6.35. The third-order valence-electron chi connectivity index (χ3n) is 2.52. The first-order chi connectivity index (χ1) is 9.38. The van der Waals surface area contributed by atoms with Gasteiger partial charge in [0.2, 0.25) is 0 Å². The second kappa shape index (κ2) is 5.95. The fourth-order valence-corrected chi connectivity index (χ4v) is 3.38. The van der Waals surface area contributed by atoms with E-state index < -0.39 is 5.97 Å². The van der Waals surface area contributed by atoms with Crippen LogP contribution in [0.3, 0.4) is 0 Å². The monoisotopic (exact) mass is 373 g/mol. The lowest BCUT2D eigenvalue weighted by molar-refractivity contribution is 0.0701. The highest BCUT2D eigenvalue weighted by atomic mass is 79.9. The van der Waals surface area contributed by atoms with E-state index in [4.69, 9.17) is 16.7 Å². The van der Waals surface area contributed by atoms with Crippen LogP contribution in [0.25, 0.3) is 0 Å². The van der Waals surface area contributed by atoms with Gasteiger partial charge < -0.3 is 10.4 Å². The summed E-state index contributed by atoms with van der Waals surface area (Å²) in [6.07, 6.45) is 0. The Kier molecular flexibility index (Phi) is 4.47. The fraction of sp³-hybridized carbons (Fsp3) is 0.0769. The molecule has 0 fully saturated rings. The van der Waals surface area contributed by atoms with Crippen LogP contribution >= 0.6 is 38.9 Å². The van der Waals surface area contributed by atoms with Crippen molar-refractivity contribution in [3.05, 3.63) is 49.8 Å². The number of thiophene rings is 1. The van der Waals surface area contributed by atoms with Gasteiger partial charge in [-0.25, -0.2) is 4.79 Å². The van der Waals surface area contributed by atoms with Gasteiger partial charge in [-0.2, -0.15) is 0 Å². The number of aromatic carboxylic acids is 1. The van der Waals surface area contributed by atoms with Crippen LogP contribution in [0.1, 0.15) is 25.6 Å². The molecule has 1 amide bonds. The molecule has 0 unspecified atom stereocenters. The van der Waals surface area contributed by atoms with Crippen LogP contribution in [0, 0.1) is 6.92 Å². The van der Waals surface area contributed by atoms with Crippen LogP contribution in [0.2, 0.25) is 5.02 Å². The molecule has 0 aliphatic carbocycles. The Balaban J connectivity index is 2.23. The molecule has 2 rings (SSSR count). The van der Waals surface area contributed by atoms with Gasteiger partial charge in [0, 0.05) is 9.50 Å². The Morgan fingerprint density at radius 1 is 1.35 bits per heavy atom. The molecule has 7 heteroatoms. The Morgan fingerprint density at radius 3 is 2.60 bits per heavy atom. The third kappa shape index (κ3) is 3.20. The van der Waals surface area contributed by atoms with Gasteiger partial charge in [0.15, 0.2) is 0 Å². The maximum Gasteiger partial charge on any atom is 0.346 e. The van der Waals surface area contributed by atoms with E-state index in [0.29, 0.717) is 25.6 Å². The van der Waals surface area contributed by atoms with Gasteiger partial charge in [-0.05, 0) is 52.7 Å². The molecule has 1 aromatic heterocycles. The smallest absolute Gasteiger partial charge is 0.346 e. The van der Waals surface area contributed by atoms with Crippen molar-refractivity contribution < 1.29 is 14.7 Å². The average molecular weight is 375 g/mol. The highest BCUT2D eigenvalue weighted by Crippen LogP contribution is 2.28. The Bertz CT molecular complexity index is 699. The summed E-state index contributed by atoms with van der Waals surface area (Å²) in [4.78, 5) is 23.3. The lowest BCUT2D eigenvalue weighted by Gasteiger charge is -2.05. The van der Waals surface area contributed by atoms with Gasteiger partial charge in [0.1, 0.15) is 4.88 Å². The fourth-order valence-electron chi connectivity index (χ4n) is 1.61. The van der Waals surface area contributed by atoms with Gasteiger partial charge in [0.25, 0.3) is 5.91 Å². The lowest BCUT2D eigenvalue weighted by Crippen LogP contribution is -2.11. The molecule has 0 saturated heterocycles. The number of carboxylic acids is 1. The van der Waals surface area contributed by atoms with Crippen LogP contribution in [0.15, 0.2) is 28.7 Å². The summed E-state index contributed by atoms with van der Waals surface area (Å²) in [6, 6.07) is 6.47.